The van der Waals surface area contributed by atoms with Crippen molar-refractivity contribution in [2.24, 2.45) is 0 Å². The van der Waals surface area contributed by atoms with E-state index in [2.05, 4.69) is 15.0 Å². The molecule has 1 heterocycles. The van der Waals surface area contributed by atoms with Gasteiger partial charge >= 0.3 is 0 Å². The Morgan fingerprint density at radius 1 is 0.969 bits per heavy atom. The molecule has 3 rings (SSSR count). The number of amides is 1. The number of hydrogen-bond acceptors (Lipinski definition) is 5. The second-order valence-electron chi connectivity index (χ2n) is 7.45. The molecule has 0 aliphatic rings. The third-order valence-corrected chi connectivity index (χ3v) is 6.41. The molecule has 2 N–H and O–H groups in total. The van der Waals surface area contributed by atoms with E-state index in [1.807, 2.05) is 44.2 Å². The first-order valence-corrected chi connectivity index (χ1v) is 11.8. The first-order chi connectivity index (χ1) is 15.3. The highest BCUT2D eigenvalue weighted by Crippen LogP contribution is 2.15. The smallest absolute Gasteiger partial charge is 0.240 e. The number of benzene rings is 2. The lowest BCUT2D eigenvalue weighted by molar-refractivity contribution is -0.121. The van der Waals surface area contributed by atoms with Crippen LogP contribution in [0.4, 0.5) is 0 Å². The summed E-state index contributed by atoms with van der Waals surface area (Å²) in [5, 5.41) is 2.79. The molecule has 32 heavy (non-hydrogen) atoms. The van der Waals surface area contributed by atoms with Gasteiger partial charge in [-0.3, -0.25) is 4.79 Å². The van der Waals surface area contributed by atoms with Crippen molar-refractivity contribution in [1.29, 1.82) is 0 Å². The predicted molar refractivity (Wildman–Crippen MR) is 123 cm³/mol. The Balaban J connectivity index is 1.44. The molecule has 0 radical (unpaired) electrons. The number of carbonyl (C=O) groups is 1. The molecule has 0 spiro atoms. The van der Waals surface area contributed by atoms with Crippen LogP contribution in [0.2, 0.25) is 0 Å². The number of aromatic nitrogens is 1. The predicted octanol–water partition coefficient (Wildman–Crippen LogP) is 3.26. The Hall–Kier alpha value is -3.23. The van der Waals surface area contributed by atoms with Crippen molar-refractivity contribution in [2.75, 3.05) is 6.54 Å². The van der Waals surface area contributed by atoms with Crippen molar-refractivity contribution in [2.45, 2.75) is 38.3 Å². The van der Waals surface area contributed by atoms with Gasteiger partial charge in [0.05, 0.1) is 4.90 Å². The van der Waals surface area contributed by atoms with Crippen molar-refractivity contribution in [3.8, 4) is 5.88 Å². The number of aryl methyl sites for hydroxylation is 2. The topological polar surface area (TPSA) is 97.4 Å². The molecule has 1 aromatic heterocycles. The first kappa shape index (κ1) is 23.4. The maximum Gasteiger partial charge on any atom is 0.240 e. The molecule has 168 valence electrons. The largest absolute Gasteiger partial charge is 0.473 e. The van der Waals surface area contributed by atoms with Crippen LogP contribution in [-0.4, -0.2) is 25.9 Å². The van der Waals surface area contributed by atoms with E-state index in [9.17, 15) is 13.2 Å². The third kappa shape index (κ3) is 6.90. The number of nitrogens with one attached hydrogen (secondary N) is 2. The summed E-state index contributed by atoms with van der Waals surface area (Å²) in [6.07, 6.45) is 1.66. The standard InChI is InChI=1S/C24H27N3O4S/c1-18-8-9-22(14-19(18)2)32(29,30)27-13-11-23(28)26-16-21-10-12-25-24(15-21)31-17-20-6-4-3-5-7-20/h3-10,12,14-15,27H,11,13,16-17H2,1-2H3,(H,26,28). The van der Waals surface area contributed by atoms with Crippen LogP contribution in [0.25, 0.3) is 0 Å². The van der Waals surface area contributed by atoms with E-state index in [0.29, 0.717) is 19.0 Å². The Morgan fingerprint density at radius 3 is 2.50 bits per heavy atom. The molecular weight excluding hydrogens is 426 g/mol. The summed E-state index contributed by atoms with van der Waals surface area (Å²) < 4.78 is 33.0. The van der Waals surface area contributed by atoms with Crippen molar-refractivity contribution < 1.29 is 17.9 Å². The van der Waals surface area contributed by atoms with E-state index < -0.39 is 10.0 Å². The van der Waals surface area contributed by atoms with Gasteiger partial charge in [-0.1, -0.05) is 36.4 Å². The molecule has 0 saturated heterocycles. The average molecular weight is 454 g/mol. The van der Waals surface area contributed by atoms with Crippen LogP contribution in [0.5, 0.6) is 5.88 Å². The van der Waals surface area contributed by atoms with Crippen molar-refractivity contribution in [3.63, 3.8) is 0 Å². The molecule has 2 aromatic carbocycles. The lowest BCUT2D eigenvalue weighted by Crippen LogP contribution is -2.30. The van der Waals surface area contributed by atoms with E-state index in [1.165, 1.54) is 0 Å². The monoisotopic (exact) mass is 453 g/mol. The summed E-state index contributed by atoms with van der Waals surface area (Å²) in [7, 11) is -3.65. The zero-order valence-corrected chi connectivity index (χ0v) is 19.0. The van der Waals surface area contributed by atoms with Gasteiger partial charge in [0.15, 0.2) is 0 Å². The minimum absolute atomic E-state index is 0.0167. The molecule has 7 nitrogen and oxygen atoms in total. The Labute approximate surface area is 188 Å². The summed E-state index contributed by atoms with van der Waals surface area (Å²) in [5.41, 5.74) is 3.80. The number of rotatable bonds is 10. The average Bonchev–Trinajstić information content (AvgIpc) is 2.79. The number of carbonyl (C=O) groups excluding carboxylic acids is 1. The summed E-state index contributed by atoms with van der Waals surface area (Å²) >= 11 is 0. The summed E-state index contributed by atoms with van der Waals surface area (Å²) in [6, 6.07) is 18.3. The van der Waals surface area contributed by atoms with Gasteiger partial charge in [-0.15, -0.1) is 0 Å². The van der Waals surface area contributed by atoms with Gasteiger partial charge in [-0.25, -0.2) is 18.1 Å². The lowest BCUT2D eigenvalue weighted by Gasteiger charge is -2.10. The molecule has 0 bridgehead atoms. The molecular formula is C24H27N3O4S. The highest BCUT2D eigenvalue weighted by molar-refractivity contribution is 7.89. The molecule has 8 heteroatoms. The van der Waals surface area contributed by atoms with Crippen LogP contribution in [0.1, 0.15) is 28.7 Å². The summed E-state index contributed by atoms with van der Waals surface area (Å²) in [6.45, 7) is 4.50. The number of nitrogens with zero attached hydrogens (tertiary/aromatic N) is 1. The van der Waals surface area contributed by atoms with Gasteiger partial charge in [-0.2, -0.15) is 0 Å². The Kier molecular flexibility index (Phi) is 7.97. The highest BCUT2D eigenvalue weighted by atomic mass is 32.2. The molecule has 1 amide bonds. The van der Waals surface area contributed by atoms with E-state index in [-0.39, 0.29) is 23.8 Å². The third-order valence-electron chi connectivity index (χ3n) is 4.95. The zero-order chi connectivity index (χ0) is 23.0. The lowest BCUT2D eigenvalue weighted by atomic mass is 10.1. The van der Waals surface area contributed by atoms with Crippen LogP contribution in [-0.2, 0) is 28.0 Å². The fraction of sp³-hybridized carbons (Fsp3) is 0.250. The number of sulfonamides is 1. The minimum atomic E-state index is -3.65. The van der Waals surface area contributed by atoms with Gasteiger partial charge in [0.25, 0.3) is 0 Å². The molecule has 0 aliphatic heterocycles. The van der Waals surface area contributed by atoms with Crippen LogP contribution in [0.3, 0.4) is 0 Å². The molecule has 0 atom stereocenters. The van der Waals surface area contributed by atoms with Gasteiger partial charge in [0.2, 0.25) is 21.8 Å². The van der Waals surface area contributed by atoms with Crippen LogP contribution >= 0.6 is 0 Å². The number of ether oxygens (including phenoxy) is 1. The fourth-order valence-corrected chi connectivity index (χ4v) is 4.04. The second kappa shape index (κ2) is 10.9. The number of pyridine rings is 1. The molecule has 0 unspecified atom stereocenters. The first-order valence-electron chi connectivity index (χ1n) is 10.3. The SMILES string of the molecule is Cc1ccc(S(=O)(=O)NCCC(=O)NCc2ccnc(OCc3ccccc3)c2)cc1C. The highest BCUT2D eigenvalue weighted by Gasteiger charge is 2.15. The summed E-state index contributed by atoms with van der Waals surface area (Å²) in [4.78, 5) is 16.5. The van der Waals surface area contributed by atoms with Gasteiger partial charge in [-0.05, 0) is 54.3 Å². The van der Waals surface area contributed by atoms with Crippen LogP contribution in [0.15, 0.2) is 71.8 Å². The molecule has 3 aromatic rings. The van der Waals surface area contributed by atoms with E-state index in [1.54, 1.807) is 36.5 Å². The second-order valence-corrected chi connectivity index (χ2v) is 9.21. The Morgan fingerprint density at radius 2 is 1.75 bits per heavy atom. The van der Waals surface area contributed by atoms with Gasteiger partial charge < -0.3 is 10.1 Å². The maximum absolute atomic E-state index is 12.4. The Bertz CT molecular complexity index is 1160. The van der Waals surface area contributed by atoms with Gasteiger partial charge in [0, 0.05) is 31.8 Å². The van der Waals surface area contributed by atoms with Crippen molar-refractivity contribution >= 4 is 15.9 Å². The molecule has 0 saturated carbocycles. The van der Waals surface area contributed by atoms with E-state index in [4.69, 9.17) is 4.74 Å². The van der Waals surface area contributed by atoms with Crippen LogP contribution in [0, 0.1) is 13.8 Å². The van der Waals surface area contributed by atoms with Gasteiger partial charge in [0.1, 0.15) is 6.61 Å². The normalized spacial score (nSPS) is 11.2. The van der Waals surface area contributed by atoms with Crippen molar-refractivity contribution in [1.82, 2.24) is 15.0 Å². The minimum Gasteiger partial charge on any atom is -0.473 e. The zero-order valence-electron chi connectivity index (χ0n) is 18.2. The molecule has 0 fully saturated rings. The van der Waals surface area contributed by atoms with Crippen molar-refractivity contribution in [3.05, 3.63) is 89.1 Å². The van der Waals surface area contributed by atoms with E-state index >= 15 is 0 Å². The summed E-state index contributed by atoms with van der Waals surface area (Å²) in [5.74, 6) is 0.220. The van der Waals surface area contributed by atoms with Crippen LogP contribution < -0.4 is 14.8 Å². The fourth-order valence-electron chi connectivity index (χ4n) is 2.92. The van der Waals surface area contributed by atoms with E-state index in [0.717, 1.165) is 22.3 Å². The molecule has 0 aliphatic carbocycles. The quantitative estimate of drug-likeness (QED) is 0.491. The maximum atomic E-state index is 12.4. The number of hydrogen-bond donors (Lipinski definition) is 2.